The van der Waals surface area contributed by atoms with Gasteiger partial charge in [0.15, 0.2) is 0 Å². The van der Waals surface area contributed by atoms with Crippen LogP contribution in [0.15, 0.2) is 60.8 Å². The van der Waals surface area contributed by atoms with Crippen LogP contribution in [0.5, 0.6) is 5.75 Å². The molecule has 0 aliphatic heterocycles. The van der Waals surface area contributed by atoms with Gasteiger partial charge in [-0.2, -0.15) is 0 Å². The Labute approximate surface area is 206 Å². The molecule has 184 valence electrons. The van der Waals surface area contributed by atoms with Crippen molar-refractivity contribution in [3.8, 4) is 5.75 Å². The minimum absolute atomic E-state index is 0.0506. The molecule has 6 heteroatoms. The molecule has 1 aromatic heterocycles. The Morgan fingerprint density at radius 2 is 2.03 bits per heavy atom. The second-order valence-electron chi connectivity index (χ2n) is 10.0. The Morgan fingerprint density at radius 3 is 2.71 bits per heavy atom. The van der Waals surface area contributed by atoms with E-state index in [1.807, 2.05) is 30.5 Å². The fraction of sp³-hybridized carbons (Fsp3) is 0.379. The highest BCUT2D eigenvalue weighted by atomic mass is 16.5. The molecule has 1 heterocycles. The number of rotatable bonds is 8. The molecule has 2 N–H and O–H groups in total. The lowest BCUT2D eigenvalue weighted by atomic mass is 9.67. The molecule has 1 saturated carbocycles. The highest BCUT2D eigenvalue weighted by molar-refractivity contribution is 5.98. The largest absolute Gasteiger partial charge is 0.496 e. The van der Waals surface area contributed by atoms with Crippen LogP contribution in [-0.4, -0.2) is 35.2 Å². The summed E-state index contributed by atoms with van der Waals surface area (Å²) >= 11 is 0. The van der Waals surface area contributed by atoms with Crippen LogP contribution in [-0.2, 0) is 6.54 Å². The SMILES string of the molecule is C=C1CC(C)CC(CC)(CNC(=O)c2ccc3c(ccn3Cc3ccc(C(=O)O)c(OC)c3)c2)C1. The van der Waals surface area contributed by atoms with E-state index in [1.165, 1.54) is 12.7 Å². The van der Waals surface area contributed by atoms with E-state index in [4.69, 9.17) is 4.74 Å². The van der Waals surface area contributed by atoms with Gasteiger partial charge in [-0.15, -0.1) is 0 Å². The maximum absolute atomic E-state index is 13.0. The molecular weight excluding hydrogens is 440 g/mol. The van der Waals surface area contributed by atoms with E-state index in [1.54, 1.807) is 18.2 Å². The number of allylic oxidation sites excluding steroid dienone is 1. The normalized spacial score (nSPS) is 20.1. The summed E-state index contributed by atoms with van der Waals surface area (Å²) in [4.78, 5) is 24.4. The number of amides is 1. The standard InChI is InChI=1S/C29H34N2O4/c1-5-29(15-19(2)12-20(3)16-29)18-30-27(32)23-7-9-25-22(14-23)10-11-31(25)17-21-6-8-24(28(33)34)26(13-21)35-4/h6-11,13-14,20H,2,5,12,15-18H2,1,3-4H3,(H,30,32)(H,33,34). The van der Waals surface area contributed by atoms with E-state index in [0.717, 1.165) is 42.1 Å². The number of carbonyl (C=O) groups excluding carboxylic acids is 1. The molecule has 0 radical (unpaired) electrons. The Hall–Kier alpha value is -3.54. The first-order valence-corrected chi connectivity index (χ1v) is 12.2. The van der Waals surface area contributed by atoms with Crippen molar-refractivity contribution >= 4 is 22.8 Å². The maximum atomic E-state index is 13.0. The van der Waals surface area contributed by atoms with Crippen molar-refractivity contribution in [2.24, 2.45) is 11.3 Å². The van der Waals surface area contributed by atoms with Gasteiger partial charge in [-0.1, -0.05) is 32.1 Å². The van der Waals surface area contributed by atoms with Crippen molar-refractivity contribution in [1.82, 2.24) is 9.88 Å². The Morgan fingerprint density at radius 1 is 1.23 bits per heavy atom. The number of nitrogens with zero attached hydrogens (tertiary/aromatic N) is 1. The zero-order chi connectivity index (χ0) is 25.2. The summed E-state index contributed by atoms with van der Waals surface area (Å²) in [5.74, 6) is -0.126. The number of carbonyl (C=O) groups is 2. The number of fused-ring (bicyclic) bond motifs is 1. The molecule has 0 spiro atoms. The van der Waals surface area contributed by atoms with E-state index in [-0.39, 0.29) is 16.9 Å². The Bertz CT molecular complexity index is 1270. The molecule has 6 nitrogen and oxygen atoms in total. The van der Waals surface area contributed by atoms with Gasteiger partial charge in [0.2, 0.25) is 0 Å². The van der Waals surface area contributed by atoms with Crippen LogP contribution < -0.4 is 10.1 Å². The number of hydrogen-bond acceptors (Lipinski definition) is 3. The van der Waals surface area contributed by atoms with Gasteiger partial charge in [0.25, 0.3) is 5.91 Å². The number of carboxylic acids is 1. The molecule has 35 heavy (non-hydrogen) atoms. The fourth-order valence-electron chi connectivity index (χ4n) is 5.56. The molecule has 1 aliphatic carbocycles. The van der Waals surface area contributed by atoms with E-state index in [2.05, 4.69) is 30.3 Å². The summed E-state index contributed by atoms with van der Waals surface area (Å²) in [5, 5.41) is 13.5. The second kappa shape index (κ2) is 9.98. The summed E-state index contributed by atoms with van der Waals surface area (Å²) in [7, 11) is 1.47. The van der Waals surface area contributed by atoms with Gasteiger partial charge in [0, 0.05) is 35.8 Å². The first-order valence-electron chi connectivity index (χ1n) is 12.2. The van der Waals surface area contributed by atoms with Crippen molar-refractivity contribution < 1.29 is 19.4 Å². The van der Waals surface area contributed by atoms with E-state index in [0.29, 0.717) is 30.3 Å². The summed E-state index contributed by atoms with van der Waals surface area (Å²) in [6.07, 6.45) is 6.18. The van der Waals surface area contributed by atoms with E-state index < -0.39 is 5.97 Å². The summed E-state index contributed by atoms with van der Waals surface area (Å²) < 4.78 is 7.33. The molecule has 4 rings (SSSR count). The van der Waals surface area contributed by atoms with Crippen LogP contribution in [0.1, 0.15) is 65.8 Å². The Balaban J connectivity index is 1.48. The average Bonchev–Trinajstić information content (AvgIpc) is 3.23. The predicted molar refractivity (Wildman–Crippen MR) is 138 cm³/mol. The van der Waals surface area contributed by atoms with E-state index >= 15 is 0 Å². The van der Waals surface area contributed by atoms with Crippen LogP contribution in [0.4, 0.5) is 0 Å². The molecule has 2 unspecified atom stereocenters. The molecule has 1 fully saturated rings. The minimum atomic E-state index is -1.02. The van der Waals surface area contributed by atoms with Crippen LogP contribution >= 0.6 is 0 Å². The molecule has 0 saturated heterocycles. The summed E-state index contributed by atoms with van der Waals surface area (Å²) in [5.41, 5.74) is 4.11. The number of hydrogen-bond donors (Lipinski definition) is 2. The van der Waals surface area contributed by atoms with Gasteiger partial charge in [0.1, 0.15) is 11.3 Å². The van der Waals surface area contributed by atoms with Crippen LogP contribution in [0, 0.1) is 11.3 Å². The third-order valence-electron chi connectivity index (χ3n) is 7.30. The topological polar surface area (TPSA) is 80.6 Å². The van der Waals surface area contributed by atoms with Crippen LogP contribution in [0.25, 0.3) is 10.9 Å². The molecule has 1 aliphatic rings. The minimum Gasteiger partial charge on any atom is -0.496 e. The lowest BCUT2D eigenvalue weighted by Crippen LogP contribution is -2.40. The van der Waals surface area contributed by atoms with Crippen molar-refractivity contribution in [2.75, 3.05) is 13.7 Å². The van der Waals surface area contributed by atoms with Crippen molar-refractivity contribution in [2.45, 2.75) is 46.1 Å². The number of carboxylic acid groups (broad SMARTS) is 1. The average molecular weight is 475 g/mol. The molecule has 2 atom stereocenters. The molecule has 3 aromatic rings. The van der Waals surface area contributed by atoms with Gasteiger partial charge in [-0.05, 0) is 79.0 Å². The van der Waals surface area contributed by atoms with Gasteiger partial charge in [-0.3, -0.25) is 4.79 Å². The fourth-order valence-corrected chi connectivity index (χ4v) is 5.56. The van der Waals surface area contributed by atoms with Gasteiger partial charge >= 0.3 is 5.97 Å². The zero-order valence-electron chi connectivity index (χ0n) is 20.8. The first kappa shape index (κ1) is 24.6. The van der Waals surface area contributed by atoms with E-state index in [9.17, 15) is 14.7 Å². The number of methoxy groups -OCH3 is 1. The molecule has 1 amide bonds. The quantitative estimate of drug-likeness (QED) is 0.399. The maximum Gasteiger partial charge on any atom is 0.339 e. The summed E-state index contributed by atoms with van der Waals surface area (Å²) in [6, 6.07) is 12.9. The molecular formula is C29H34N2O4. The first-order chi connectivity index (χ1) is 16.7. The van der Waals surface area contributed by atoms with Gasteiger partial charge in [-0.25, -0.2) is 4.79 Å². The zero-order valence-corrected chi connectivity index (χ0v) is 20.8. The number of aromatic carboxylic acids is 1. The van der Waals surface area contributed by atoms with Gasteiger partial charge in [0.05, 0.1) is 7.11 Å². The third kappa shape index (κ3) is 5.26. The third-order valence-corrected chi connectivity index (χ3v) is 7.30. The number of benzene rings is 2. The van der Waals surface area contributed by atoms with Crippen LogP contribution in [0.3, 0.4) is 0 Å². The van der Waals surface area contributed by atoms with Crippen LogP contribution in [0.2, 0.25) is 0 Å². The van der Waals surface area contributed by atoms with Crippen molar-refractivity contribution in [3.05, 3.63) is 77.5 Å². The predicted octanol–water partition coefficient (Wildman–Crippen LogP) is 5.90. The van der Waals surface area contributed by atoms with Gasteiger partial charge < -0.3 is 19.7 Å². The Kier molecular flexibility index (Phi) is 7.01. The molecule has 2 aromatic carbocycles. The number of nitrogens with one attached hydrogen (secondary N) is 1. The number of aromatic nitrogens is 1. The molecule has 0 bridgehead atoms. The monoisotopic (exact) mass is 474 g/mol. The number of ether oxygens (including phenoxy) is 1. The van der Waals surface area contributed by atoms with Crippen molar-refractivity contribution in [3.63, 3.8) is 0 Å². The lowest BCUT2D eigenvalue weighted by molar-refractivity contribution is 0.0693. The summed E-state index contributed by atoms with van der Waals surface area (Å²) in [6.45, 7) is 9.94. The smallest absolute Gasteiger partial charge is 0.339 e. The highest BCUT2D eigenvalue weighted by Gasteiger charge is 2.35. The lowest BCUT2D eigenvalue weighted by Gasteiger charge is -2.40. The van der Waals surface area contributed by atoms with Crippen molar-refractivity contribution in [1.29, 1.82) is 0 Å². The highest BCUT2D eigenvalue weighted by Crippen LogP contribution is 2.43. The second-order valence-corrected chi connectivity index (χ2v) is 10.0.